The monoisotopic (exact) mass is 237 g/mol. The van der Waals surface area contributed by atoms with Crippen molar-refractivity contribution >= 4 is 0 Å². The Hall–Kier alpha value is -1.19. The molecule has 1 N–H and O–H groups in total. The smallest absolute Gasteiger partial charge is 0.123 e. The number of benzene rings is 1. The first-order valence-electron chi connectivity index (χ1n) is 5.91. The number of rotatable bonds is 8. The predicted octanol–water partition coefficient (Wildman–Crippen LogP) is 3.07. The highest BCUT2D eigenvalue weighted by atomic mass is 19.1. The zero-order valence-electron chi connectivity index (χ0n) is 10.3. The third-order valence-corrected chi connectivity index (χ3v) is 2.51. The quantitative estimate of drug-likeness (QED) is 0.554. The number of hydrogen-bond acceptors (Lipinski definition) is 2. The van der Waals surface area contributed by atoms with Gasteiger partial charge in [-0.25, -0.2) is 4.39 Å². The summed E-state index contributed by atoms with van der Waals surface area (Å²) < 4.78 is 18.4. The average molecular weight is 237 g/mol. The first kappa shape index (κ1) is 13.9. The van der Waals surface area contributed by atoms with Gasteiger partial charge in [-0.05, 0) is 31.0 Å². The molecule has 94 valence electrons. The van der Waals surface area contributed by atoms with Crippen molar-refractivity contribution in [3.63, 3.8) is 0 Å². The van der Waals surface area contributed by atoms with E-state index in [2.05, 4.69) is 11.9 Å². The van der Waals surface area contributed by atoms with Crippen molar-refractivity contribution in [3.05, 3.63) is 48.3 Å². The van der Waals surface area contributed by atoms with Gasteiger partial charge in [0.2, 0.25) is 0 Å². The van der Waals surface area contributed by atoms with Crippen LogP contribution in [0.1, 0.15) is 24.9 Å². The highest BCUT2D eigenvalue weighted by Gasteiger charge is 2.04. The van der Waals surface area contributed by atoms with Crippen LogP contribution in [-0.2, 0) is 4.74 Å². The van der Waals surface area contributed by atoms with E-state index in [0.717, 1.165) is 18.5 Å². The molecule has 0 fully saturated rings. The van der Waals surface area contributed by atoms with Crippen LogP contribution in [0, 0.1) is 5.82 Å². The maximum Gasteiger partial charge on any atom is 0.123 e. The van der Waals surface area contributed by atoms with Gasteiger partial charge in [-0.15, -0.1) is 6.58 Å². The van der Waals surface area contributed by atoms with Crippen molar-refractivity contribution < 1.29 is 9.13 Å². The lowest BCUT2D eigenvalue weighted by atomic mass is 10.1. The molecule has 1 rings (SSSR count). The summed E-state index contributed by atoms with van der Waals surface area (Å²) >= 11 is 0. The van der Waals surface area contributed by atoms with Crippen LogP contribution in [0.15, 0.2) is 36.9 Å². The average Bonchev–Trinajstić information content (AvgIpc) is 2.33. The molecule has 0 heterocycles. The SMILES string of the molecule is C=CCCOCCNC(C)c1cccc(F)c1. The second-order valence-electron chi connectivity index (χ2n) is 3.92. The van der Waals surface area contributed by atoms with Gasteiger partial charge in [-0.2, -0.15) is 0 Å². The molecule has 0 saturated heterocycles. The molecule has 1 aromatic rings. The van der Waals surface area contributed by atoms with E-state index in [1.807, 2.05) is 19.1 Å². The van der Waals surface area contributed by atoms with E-state index in [1.54, 1.807) is 12.1 Å². The third-order valence-electron chi connectivity index (χ3n) is 2.51. The Morgan fingerprint density at radius 2 is 2.29 bits per heavy atom. The molecule has 0 aliphatic heterocycles. The van der Waals surface area contributed by atoms with Gasteiger partial charge < -0.3 is 10.1 Å². The van der Waals surface area contributed by atoms with Gasteiger partial charge in [-0.3, -0.25) is 0 Å². The summed E-state index contributed by atoms with van der Waals surface area (Å²) in [5.41, 5.74) is 0.955. The fourth-order valence-corrected chi connectivity index (χ4v) is 1.51. The number of ether oxygens (including phenoxy) is 1. The van der Waals surface area contributed by atoms with E-state index >= 15 is 0 Å². The van der Waals surface area contributed by atoms with Gasteiger partial charge in [0.15, 0.2) is 0 Å². The van der Waals surface area contributed by atoms with E-state index in [9.17, 15) is 4.39 Å². The molecule has 1 unspecified atom stereocenters. The topological polar surface area (TPSA) is 21.3 Å². The summed E-state index contributed by atoms with van der Waals surface area (Å²) in [6.45, 7) is 7.76. The largest absolute Gasteiger partial charge is 0.380 e. The van der Waals surface area contributed by atoms with Crippen LogP contribution < -0.4 is 5.32 Å². The van der Waals surface area contributed by atoms with E-state index in [0.29, 0.717) is 13.2 Å². The Bertz CT molecular complexity index is 341. The van der Waals surface area contributed by atoms with Crippen molar-refractivity contribution in [3.8, 4) is 0 Å². The van der Waals surface area contributed by atoms with Crippen molar-refractivity contribution in [1.82, 2.24) is 5.32 Å². The second-order valence-corrected chi connectivity index (χ2v) is 3.92. The van der Waals surface area contributed by atoms with Crippen LogP contribution in [0.2, 0.25) is 0 Å². The molecule has 1 atom stereocenters. The van der Waals surface area contributed by atoms with Gasteiger partial charge in [-0.1, -0.05) is 18.2 Å². The van der Waals surface area contributed by atoms with Crippen molar-refractivity contribution in [2.75, 3.05) is 19.8 Å². The maximum atomic E-state index is 13.0. The summed E-state index contributed by atoms with van der Waals surface area (Å²) in [7, 11) is 0. The molecule has 17 heavy (non-hydrogen) atoms. The van der Waals surface area contributed by atoms with Crippen molar-refractivity contribution in [2.45, 2.75) is 19.4 Å². The molecule has 0 saturated carbocycles. The molecule has 0 aromatic heterocycles. The molecular weight excluding hydrogens is 217 g/mol. The van der Waals surface area contributed by atoms with Crippen LogP contribution >= 0.6 is 0 Å². The highest BCUT2D eigenvalue weighted by Crippen LogP contribution is 2.12. The van der Waals surface area contributed by atoms with Crippen molar-refractivity contribution in [2.24, 2.45) is 0 Å². The van der Waals surface area contributed by atoms with Gasteiger partial charge in [0, 0.05) is 12.6 Å². The first-order valence-corrected chi connectivity index (χ1v) is 5.91. The standard InChI is InChI=1S/C14H20FNO/c1-3-4-9-17-10-8-16-12(2)13-6-5-7-14(15)11-13/h3,5-7,11-12,16H,1,4,8-10H2,2H3. The highest BCUT2D eigenvalue weighted by molar-refractivity contribution is 5.19. The summed E-state index contributed by atoms with van der Waals surface area (Å²) in [4.78, 5) is 0. The summed E-state index contributed by atoms with van der Waals surface area (Å²) in [6, 6.07) is 6.78. The molecule has 2 nitrogen and oxygen atoms in total. The van der Waals surface area contributed by atoms with Crippen LogP contribution in [0.5, 0.6) is 0 Å². The summed E-state index contributed by atoms with van der Waals surface area (Å²) in [5.74, 6) is -0.196. The Labute approximate surface area is 102 Å². The lowest BCUT2D eigenvalue weighted by Crippen LogP contribution is -2.23. The lowest BCUT2D eigenvalue weighted by molar-refractivity contribution is 0.138. The number of halogens is 1. The minimum atomic E-state index is -0.196. The van der Waals surface area contributed by atoms with E-state index < -0.39 is 0 Å². The molecule has 0 bridgehead atoms. The summed E-state index contributed by atoms with van der Waals surface area (Å²) in [6.07, 6.45) is 2.71. The fraction of sp³-hybridized carbons (Fsp3) is 0.429. The molecule has 0 aliphatic carbocycles. The van der Waals surface area contributed by atoms with Gasteiger partial charge in [0.1, 0.15) is 5.82 Å². The zero-order valence-corrected chi connectivity index (χ0v) is 10.3. The fourth-order valence-electron chi connectivity index (χ4n) is 1.51. The van der Waals surface area contributed by atoms with Crippen molar-refractivity contribution in [1.29, 1.82) is 0 Å². The van der Waals surface area contributed by atoms with E-state index in [-0.39, 0.29) is 11.9 Å². The Morgan fingerprint density at radius 3 is 3.00 bits per heavy atom. The zero-order chi connectivity index (χ0) is 12.5. The molecular formula is C14H20FNO. The normalized spacial score (nSPS) is 12.4. The minimum Gasteiger partial charge on any atom is -0.380 e. The van der Waals surface area contributed by atoms with Gasteiger partial charge >= 0.3 is 0 Å². The molecule has 0 aliphatic rings. The summed E-state index contributed by atoms with van der Waals surface area (Å²) in [5, 5.41) is 3.29. The molecule has 1 aromatic carbocycles. The van der Waals surface area contributed by atoms with Crippen LogP contribution in [0.4, 0.5) is 4.39 Å². The lowest BCUT2D eigenvalue weighted by Gasteiger charge is -2.14. The van der Waals surface area contributed by atoms with Gasteiger partial charge in [0.25, 0.3) is 0 Å². The molecule has 0 radical (unpaired) electrons. The van der Waals surface area contributed by atoms with Crippen LogP contribution in [0.3, 0.4) is 0 Å². The number of nitrogens with one attached hydrogen (secondary N) is 1. The molecule has 3 heteroatoms. The minimum absolute atomic E-state index is 0.133. The van der Waals surface area contributed by atoms with E-state index in [1.165, 1.54) is 6.07 Å². The Kier molecular flexibility index (Phi) is 6.51. The third kappa shape index (κ3) is 5.61. The molecule has 0 spiro atoms. The Morgan fingerprint density at radius 1 is 1.47 bits per heavy atom. The van der Waals surface area contributed by atoms with Gasteiger partial charge in [0.05, 0.1) is 13.2 Å². The second kappa shape index (κ2) is 7.98. The predicted molar refractivity (Wildman–Crippen MR) is 68.5 cm³/mol. The van der Waals surface area contributed by atoms with Crippen LogP contribution in [-0.4, -0.2) is 19.8 Å². The maximum absolute atomic E-state index is 13.0. The first-order chi connectivity index (χ1) is 8.24. The number of hydrogen-bond donors (Lipinski definition) is 1. The van der Waals surface area contributed by atoms with Crippen LogP contribution in [0.25, 0.3) is 0 Å². The molecule has 0 amide bonds. The Balaban J connectivity index is 2.21. The van der Waals surface area contributed by atoms with E-state index in [4.69, 9.17) is 4.74 Å².